The van der Waals surface area contributed by atoms with Crippen molar-refractivity contribution in [3.05, 3.63) is 23.8 Å². The molecule has 0 spiro atoms. The fourth-order valence-corrected chi connectivity index (χ4v) is 3.83. The van der Waals surface area contributed by atoms with Crippen LogP contribution in [0.4, 0.5) is 13.2 Å². The normalized spacial score (nSPS) is 15.2. The number of alkyl halides is 3. The summed E-state index contributed by atoms with van der Waals surface area (Å²) in [5.41, 5.74) is 0.292. The third-order valence-electron chi connectivity index (χ3n) is 4.63. The Morgan fingerprint density at radius 3 is 2.77 bits per heavy atom. The number of nitrogens with one attached hydrogen (secondary N) is 1. The topological polar surface area (TPSA) is 46.9 Å². The molecule has 1 amide bonds. The summed E-state index contributed by atoms with van der Waals surface area (Å²) in [6, 6.07) is 3.58. The summed E-state index contributed by atoms with van der Waals surface area (Å²) in [6.45, 7) is 3.22. The number of amides is 1. The van der Waals surface area contributed by atoms with Gasteiger partial charge in [0.1, 0.15) is 0 Å². The lowest BCUT2D eigenvalue weighted by molar-refractivity contribution is -0.137. The van der Waals surface area contributed by atoms with E-state index in [-0.39, 0.29) is 11.7 Å². The summed E-state index contributed by atoms with van der Waals surface area (Å²) >= 11 is 1.27. The van der Waals surface area contributed by atoms with Crippen molar-refractivity contribution in [1.82, 2.24) is 14.9 Å². The van der Waals surface area contributed by atoms with E-state index in [1.54, 1.807) is 4.57 Å². The molecule has 0 radical (unpaired) electrons. The minimum Gasteiger partial charge on any atom is -0.355 e. The molecule has 26 heavy (non-hydrogen) atoms. The van der Waals surface area contributed by atoms with Crippen molar-refractivity contribution in [3.63, 3.8) is 0 Å². The second-order valence-electron chi connectivity index (χ2n) is 6.64. The number of rotatable bonds is 7. The summed E-state index contributed by atoms with van der Waals surface area (Å²) in [7, 11) is 0. The van der Waals surface area contributed by atoms with E-state index in [0.29, 0.717) is 35.2 Å². The highest BCUT2D eigenvalue weighted by Crippen LogP contribution is 2.33. The predicted octanol–water partition coefficient (Wildman–Crippen LogP) is 4.47. The van der Waals surface area contributed by atoms with E-state index >= 15 is 0 Å². The highest BCUT2D eigenvalue weighted by Gasteiger charge is 2.31. The monoisotopic (exact) mass is 385 g/mol. The summed E-state index contributed by atoms with van der Waals surface area (Å²) in [5.74, 6) is 0.744. The summed E-state index contributed by atoms with van der Waals surface area (Å²) < 4.78 is 40.7. The van der Waals surface area contributed by atoms with Gasteiger partial charge < -0.3 is 9.88 Å². The Kier molecular flexibility index (Phi) is 5.79. The number of thioether (sulfide) groups is 1. The Bertz CT molecular complexity index is 784. The van der Waals surface area contributed by atoms with Gasteiger partial charge in [0.25, 0.3) is 0 Å². The maximum Gasteiger partial charge on any atom is 0.416 e. The first kappa shape index (κ1) is 19.1. The smallest absolute Gasteiger partial charge is 0.355 e. The standard InChI is InChI=1S/C18H22F3N3OS/c1-2-8-24-15-9-13(18(19,20)21)6-7-14(15)23-17(24)26-11-16(25)22-10-12-4-3-5-12/h6-7,9,12H,2-5,8,10-11H2,1H3,(H,22,25). The predicted molar refractivity (Wildman–Crippen MR) is 96.1 cm³/mol. The van der Waals surface area contributed by atoms with Gasteiger partial charge in [0.2, 0.25) is 5.91 Å². The molecule has 1 aromatic heterocycles. The molecule has 0 bridgehead atoms. The van der Waals surface area contributed by atoms with Crippen molar-refractivity contribution < 1.29 is 18.0 Å². The van der Waals surface area contributed by atoms with Crippen LogP contribution in [0.2, 0.25) is 0 Å². The van der Waals surface area contributed by atoms with Gasteiger partial charge in [-0.2, -0.15) is 13.2 Å². The number of carbonyl (C=O) groups excluding carboxylic acids is 1. The number of fused-ring (bicyclic) bond motifs is 1. The number of nitrogens with zero attached hydrogens (tertiary/aromatic N) is 2. The Balaban J connectivity index is 1.74. The summed E-state index contributed by atoms with van der Waals surface area (Å²) in [5, 5.41) is 3.51. The molecule has 1 heterocycles. The van der Waals surface area contributed by atoms with Gasteiger partial charge in [0.15, 0.2) is 5.16 Å². The molecule has 4 nitrogen and oxygen atoms in total. The number of hydrogen-bond donors (Lipinski definition) is 1. The zero-order chi connectivity index (χ0) is 18.7. The Labute approximate surface area is 154 Å². The Morgan fingerprint density at radius 2 is 2.15 bits per heavy atom. The van der Waals surface area contributed by atoms with Crippen molar-refractivity contribution in [1.29, 1.82) is 0 Å². The minimum atomic E-state index is -4.38. The Morgan fingerprint density at radius 1 is 1.38 bits per heavy atom. The fraction of sp³-hybridized carbons (Fsp3) is 0.556. The van der Waals surface area contributed by atoms with Crippen molar-refractivity contribution >= 4 is 28.7 Å². The van der Waals surface area contributed by atoms with E-state index in [1.807, 2.05) is 6.92 Å². The number of aromatic nitrogens is 2. The van der Waals surface area contributed by atoms with Crippen LogP contribution in [-0.2, 0) is 17.5 Å². The molecule has 1 N–H and O–H groups in total. The third kappa shape index (κ3) is 4.34. The molecular weight excluding hydrogens is 363 g/mol. The highest BCUT2D eigenvalue weighted by molar-refractivity contribution is 7.99. The number of aryl methyl sites for hydroxylation is 1. The van der Waals surface area contributed by atoms with Crippen molar-refractivity contribution in [2.24, 2.45) is 5.92 Å². The van der Waals surface area contributed by atoms with Crippen LogP contribution >= 0.6 is 11.8 Å². The zero-order valence-corrected chi connectivity index (χ0v) is 15.4. The summed E-state index contributed by atoms with van der Waals surface area (Å²) in [4.78, 5) is 16.4. The Hall–Kier alpha value is -1.70. The van der Waals surface area contributed by atoms with Crippen LogP contribution in [0, 0.1) is 5.92 Å². The van der Waals surface area contributed by atoms with Crippen LogP contribution in [0.3, 0.4) is 0 Å². The van der Waals surface area contributed by atoms with E-state index in [1.165, 1.54) is 37.1 Å². The lowest BCUT2D eigenvalue weighted by Crippen LogP contribution is -2.33. The molecule has 2 aromatic rings. The van der Waals surface area contributed by atoms with Gasteiger partial charge in [0, 0.05) is 13.1 Å². The van der Waals surface area contributed by atoms with Crippen molar-refractivity contribution in [2.75, 3.05) is 12.3 Å². The first-order valence-corrected chi connectivity index (χ1v) is 9.84. The number of hydrogen-bond acceptors (Lipinski definition) is 3. The van der Waals surface area contributed by atoms with Gasteiger partial charge in [-0.1, -0.05) is 25.1 Å². The molecule has 1 aliphatic rings. The number of carbonyl (C=O) groups is 1. The second kappa shape index (κ2) is 7.90. The van der Waals surface area contributed by atoms with Crippen LogP contribution in [0.15, 0.2) is 23.4 Å². The van der Waals surface area contributed by atoms with Crippen LogP contribution in [0.5, 0.6) is 0 Å². The maximum absolute atomic E-state index is 13.0. The van der Waals surface area contributed by atoms with Gasteiger partial charge >= 0.3 is 6.18 Å². The maximum atomic E-state index is 13.0. The largest absolute Gasteiger partial charge is 0.416 e. The van der Waals surface area contributed by atoms with Gasteiger partial charge in [-0.05, 0) is 43.4 Å². The van der Waals surface area contributed by atoms with Crippen LogP contribution in [0.25, 0.3) is 11.0 Å². The van der Waals surface area contributed by atoms with Crippen LogP contribution in [0.1, 0.15) is 38.2 Å². The highest BCUT2D eigenvalue weighted by atomic mass is 32.2. The van der Waals surface area contributed by atoms with Gasteiger partial charge in [-0.15, -0.1) is 0 Å². The molecule has 0 aliphatic heterocycles. The van der Waals surface area contributed by atoms with E-state index in [4.69, 9.17) is 0 Å². The SMILES string of the molecule is CCCn1c(SCC(=O)NCC2CCC2)nc2ccc(C(F)(F)F)cc21. The average Bonchev–Trinajstić information content (AvgIpc) is 2.88. The molecule has 142 valence electrons. The lowest BCUT2D eigenvalue weighted by atomic mass is 9.85. The first-order chi connectivity index (χ1) is 12.4. The molecule has 1 aliphatic carbocycles. The van der Waals surface area contributed by atoms with Crippen molar-refractivity contribution in [2.45, 2.75) is 50.5 Å². The van der Waals surface area contributed by atoms with E-state index in [0.717, 1.165) is 18.6 Å². The van der Waals surface area contributed by atoms with Gasteiger partial charge in [-0.3, -0.25) is 4.79 Å². The zero-order valence-electron chi connectivity index (χ0n) is 14.6. The average molecular weight is 385 g/mol. The van der Waals surface area contributed by atoms with E-state index in [9.17, 15) is 18.0 Å². The lowest BCUT2D eigenvalue weighted by Gasteiger charge is -2.25. The molecule has 1 saturated carbocycles. The molecular formula is C18H22F3N3OS. The molecule has 1 aromatic carbocycles. The second-order valence-corrected chi connectivity index (χ2v) is 7.58. The molecule has 8 heteroatoms. The first-order valence-electron chi connectivity index (χ1n) is 8.85. The minimum absolute atomic E-state index is 0.0621. The fourth-order valence-electron chi connectivity index (χ4n) is 2.96. The molecule has 0 atom stereocenters. The van der Waals surface area contributed by atoms with Crippen LogP contribution < -0.4 is 5.32 Å². The number of benzene rings is 1. The van der Waals surface area contributed by atoms with Gasteiger partial charge in [0.05, 0.1) is 22.3 Å². The summed E-state index contributed by atoms with van der Waals surface area (Å²) in [6.07, 6.45) is -0.0495. The number of imidazole rings is 1. The van der Waals surface area contributed by atoms with Gasteiger partial charge in [-0.25, -0.2) is 4.98 Å². The van der Waals surface area contributed by atoms with E-state index < -0.39 is 11.7 Å². The molecule has 1 fully saturated rings. The molecule has 0 unspecified atom stereocenters. The number of halogens is 3. The van der Waals surface area contributed by atoms with Crippen molar-refractivity contribution in [3.8, 4) is 0 Å². The molecule has 3 rings (SSSR count). The third-order valence-corrected chi connectivity index (χ3v) is 5.61. The van der Waals surface area contributed by atoms with E-state index in [2.05, 4.69) is 10.3 Å². The quantitative estimate of drug-likeness (QED) is 0.715. The molecule has 0 saturated heterocycles. The van der Waals surface area contributed by atoms with Crippen LogP contribution in [-0.4, -0.2) is 27.8 Å².